The summed E-state index contributed by atoms with van der Waals surface area (Å²) >= 11 is 0. The van der Waals surface area contributed by atoms with Gasteiger partial charge in [0.15, 0.2) is 17.7 Å². The lowest BCUT2D eigenvalue weighted by atomic mass is 9.96. The first-order chi connectivity index (χ1) is 16.1. The third kappa shape index (κ3) is 3.31. The first-order valence-electron chi connectivity index (χ1n) is 11.3. The molecule has 34 heavy (non-hydrogen) atoms. The Morgan fingerprint density at radius 3 is 2.68 bits per heavy atom. The van der Waals surface area contributed by atoms with Gasteiger partial charge in [-0.3, -0.25) is 14.4 Å². The predicted molar refractivity (Wildman–Crippen MR) is 116 cm³/mol. The van der Waals surface area contributed by atoms with E-state index in [0.717, 1.165) is 6.07 Å². The van der Waals surface area contributed by atoms with E-state index >= 15 is 0 Å². The molecular formula is C24H25F2N3O5. The molecule has 180 valence electrons. The highest BCUT2D eigenvalue weighted by molar-refractivity contribution is 5.99. The average Bonchev–Trinajstić information content (AvgIpc) is 2.99. The van der Waals surface area contributed by atoms with Gasteiger partial charge in [0.25, 0.3) is 11.8 Å². The van der Waals surface area contributed by atoms with Crippen molar-refractivity contribution in [2.75, 3.05) is 0 Å². The number of benzene rings is 1. The van der Waals surface area contributed by atoms with Crippen LogP contribution in [0.3, 0.4) is 0 Å². The van der Waals surface area contributed by atoms with Crippen LogP contribution in [0.25, 0.3) is 0 Å². The minimum Gasteiger partial charge on any atom is -0.503 e. The van der Waals surface area contributed by atoms with E-state index in [1.807, 2.05) is 0 Å². The highest BCUT2D eigenvalue weighted by Gasteiger charge is 2.53. The second-order valence-electron chi connectivity index (χ2n) is 9.45. The quantitative estimate of drug-likeness (QED) is 0.714. The summed E-state index contributed by atoms with van der Waals surface area (Å²) < 4.78 is 34.8. The van der Waals surface area contributed by atoms with Gasteiger partial charge in [-0.25, -0.2) is 8.78 Å². The van der Waals surface area contributed by atoms with Gasteiger partial charge in [0.1, 0.15) is 17.2 Å². The molecule has 3 aliphatic rings. The second-order valence-corrected chi connectivity index (χ2v) is 9.45. The van der Waals surface area contributed by atoms with Crippen molar-refractivity contribution >= 4 is 11.8 Å². The summed E-state index contributed by atoms with van der Waals surface area (Å²) in [6.45, 7) is 5.79. The number of carbonyl (C=O) groups is 2. The van der Waals surface area contributed by atoms with E-state index in [9.17, 15) is 28.3 Å². The number of halogens is 2. The van der Waals surface area contributed by atoms with E-state index in [2.05, 4.69) is 19.2 Å². The maximum Gasteiger partial charge on any atom is 0.276 e. The van der Waals surface area contributed by atoms with Crippen molar-refractivity contribution < 1.29 is 28.2 Å². The third-order valence-corrected chi connectivity index (χ3v) is 7.56. The Morgan fingerprint density at radius 1 is 1.24 bits per heavy atom. The van der Waals surface area contributed by atoms with E-state index in [0.29, 0.717) is 12.5 Å². The first-order valence-corrected chi connectivity index (χ1v) is 11.3. The monoisotopic (exact) mass is 473 g/mol. The highest BCUT2D eigenvalue weighted by atomic mass is 19.1. The molecule has 1 aliphatic carbocycles. The first kappa shape index (κ1) is 22.5. The van der Waals surface area contributed by atoms with Crippen molar-refractivity contribution in [3.05, 3.63) is 63.1 Å². The van der Waals surface area contributed by atoms with Crippen molar-refractivity contribution in [2.24, 2.45) is 11.8 Å². The second kappa shape index (κ2) is 7.90. The molecule has 1 saturated heterocycles. The summed E-state index contributed by atoms with van der Waals surface area (Å²) in [5.74, 6) is -3.29. The molecule has 5 rings (SSSR count). The van der Waals surface area contributed by atoms with Crippen LogP contribution < -0.4 is 10.7 Å². The van der Waals surface area contributed by atoms with Crippen molar-refractivity contribution in [3.63, 3.8) is 0 Å². The molecule has 1 saturated carbocycles. The molecule has 8 nitrogen and oxygen atoms in total. The Bertz CT molecular complexity index is 1260. The summed E-state index contributed by atoms with van der Waals surface area (Å²) in [5.41, 5.74) is -1.52. The van der Waals surface area contributed by atoms with Crippen molar-refractivity contribution in [1.82, 2.24) is 14.8 Å². The highest BCUT2D eigenvalue weighted by Crippen LogP contribution is 2.44. The zero-order chi connectivity index (χ0) is 24.5. The zero-order valence-corrected chi connectivity index (χ0v) is 18.9. The van der Waals surface area contributed by atoms with Gasteiger partial charge in [0, 0.05) is 23.9 Å². The van der Waals surface area contributed by atoms with Crippen LogP contribution in [-0.2, 0) is 11.3 Å². The number of nitrogens with one attached hydrogen (secondary N) is 1. The SMILES string of the molecule is C[C@@H]1C2CC(O[C@@H]3Cn4cc(C(=O)N[C@H](C)c5ccc(F)cc5F)c(=O)c(O)c4C(=O)N23)[C@@H]1C. The van der Waals surface area contributed by atoms with Gasteiger partial charge in [-0.15, -0.1) is 0 Å². The molecule has 2 fully saturated rings. The summed E-state index contributed by atoms with van der Waals surface area (Å²) in [6.07, 6.45) is 1.37. The number of nitrogens with zero attached hydrogens (tertiary/aromatic N) is 2. The van der Waals surface area contributed by atoms with Gasteiger partial charge >= 0.3 is 0 Å². The molecule has 10 heteroatoms. The van der Waals surface area contributed by atoms with E-state index in [-0.39, 0.29) is 41.8 Å². The molecule has 0 spiro atoms. The van der Waals surface area contributed by atoms with E-state index in [1.54, 1.807) is 4.90 Å². The molecule has 2 N–H and O–H groups in total. The standard InChI is InChI=1S/C24H25F2N3O5/c1-10-11(2)18-7-17(10)29-19(34-18)9-28-8-15(21(30)22(31)20(28)24(29)33)23(32)27-12(3)14-5-4-13(25)6-16(14)26/h4-6,8,10-12,17-19,31H,7,9H2,1-3H3,(H,27,32)/t10-,11+,12+,17?,18?,19+/m0/s1. The largest absolute Gasteiger partial charge is 0.503 e. The summed E-state index contributed by atoms with van der Waals surface area (Å²) in [5, 5.41) is 13.1. The topological polar surface area (TPSA) is 101 Å². The molecule has 1 aromatic heterocycles. The van der Waals surface area contributed by atoms with Gasteiger partial charge in [0.05, 0.1) is 18.7 Å². The lowest BCUT2D eigenvalue weighted by molar-refractivity contribution is -0.138. The van der Waals surface area contributed by atoms with Crippen LogP contribution in [0.4, 0.5) is 8.78 Å². The normalized spacial score (nSPS) is 28.3. The molecule has 0 radical (unpaired) electrons. The van der Waals surface area contributed by atoms with E-state index < -0.39 is 52.5 Å². The fraction of sp³-hybridized carbons (Fsp3) is 0.458. The minimum atomic E-state index is -0.994. The number of amides is 2. The number of aromatic nitrogens is 1. The van der Waals surface area contributed by atoms with Gasteiger partial charge in [-0.05, 0) is 31.2 Å². The van der Waals surface area contributed by atoms with Crippen LogP contribution in [0.2, 0.25) is 0 Å². The number of hydrogen-bond donors (Lipinski definition) is 2. The zero-order valence-electron chi connectivity index (χ0n) is 18.9. The molecule has 3 heterocycles. The number of fused-ring (bicyclic) bond motifs is 5. The lowest BCUT2D eigenvalue weighted by Gasteiger charge is -2.45. The fourth-order valence-corrected chi connectivity index (χ4v) is 5.47. The number of rotatable bonds is 3. The predicted octanol–water partition coefficient (Wildman–Crippen LogP) is 2.55. The van der Waals surface area contributed by atoms with Crippen LogP contribution in [-0.4, -0.2) is 44.8 Å². The van der Waals surface area contributed by atoms with Gasteiger partial charge in [-0.2, -0.15) is 0 Å². The lowest BCUT2D eigenvalue weighted by Crippen LogP contribution is -2.58. The summed E-state index contributed by atoms with van der Waals surface area (Å²) in [7, 11) is 0. The van der Waals surface area contributed by atoms with E-state index in [1.165, 1.54) is 23.8 Å². The van der Waals surface area contributed by atoms with Crippen LogP contribution >= 0.6 is 0 Å². The van der Waals surface area contributed by atoms with Crippen LogP contribution in [0.15, 0.2) is 29.2 Å². The maximum atomic E-state index is 14.1. The molecule has 2 aliphatic heterocycles. The van der Waals surface area contributed by atoms with Gasteiger partial charge < -0.3 is 24.6 Å². The molecular weight excluding hydrogens is 448 g/mol. The Morgan fingerprint density at radius 2 is 1.97 bits per heavy atom. The molecule has 1 aromatic carbocycles. The number of carbonyl (C=O) groups excluding carboxylic acids is 2. The minimum absolute atomic E-state index is 0.0119. The van der Waals surface area contributed by atoms with Crippen LogP contribution in [0.5, 0.6) is 5.75 Å². The fourth-order valence-electron chi connectivity index (χ4n) is 5.47. The number of aromatic hydroxyl groups is 1. The number of pyridine rings is 1. The Hall–Kier alpha value is -3.27. The van der Waals surface area contributed by atoms with Crippen LogP contribution in [0.1, 0.15) is 59.6 Å². The molecule has 2 amide bonds. The summed E-state index contributed by atoms with van der Waals surface area (Å²) in [4.78, 5) is 40.7. The third-order valence-electron chi connectivity index (χ3n) is 7.56. The maximum absolute atomic E-state index is 14.1. The average molecular weight is 473 g/mol. The smallest absolute Gasteiger partial charge is 0.276 e. The molecule has 2 bridgehead atoms. The Balaban J connectivity index is 1.46. The van der Waals surface area contributed by atoms with Crippen molar-refractivity contribution in [2.45, 2.75) is 58.2 Å². The molecule has 2 unspecified atom stereocenters. The van der Waals surface area contributed by atoms with E-state index in [4.69, 9.17) is 4.74 Å². The summed E-state index contributed by atoms with van der Waals surface area (Å²) in [6, 6.07) is 2.04. The Labute approximate surface area is 194 Å². The van der Waals surface area contributed by atoms with Crippen molar-refractivity contribution in [1.29, 1.82) is 0 Å². The van der Waals surface area contributed by atoms with Crippen LogP contribution in [0, 0.1) is 23.5 Å². The Kier molecular flexibility index (Phi) is 5.23. The van der Waals surface area contributed by atoms with Gasteiger partial charge in [-0.1, -0.05) is 19.9 Å². The molecule has 6 atom stereocenters. The van der Waals surface area contributed by atoms with Gasteiger partial charge in [0.2, 0.25) is 5.43 Å². The van der Waals surface area contributed by atoms with Crippen molar-refractivity contribution in [3.8, 4) is 5.75 Å². The number of ether oxygens (including phenoxy) is 1. The number of hydrogen-bond acceptors (Lipinski definition) is 5. The molecule has 2 aromatic rings.